The van der Waals surface area contributed by atoms with E-state index in [-0.39, 0.29) is 46.9 Å². The fourth-order valence-corrected chi connectivity index (χ4v) is 0. The smallest absolute Gasteiger partial charge is 2.00 e. The normalized spacial score (nSPS) is 0. The van der Waals surface area contributed by atoms with Crippen LogP contribution in [0.1, 0.15) is 0 Å². The van der Waals surface area contributed by atoms with Gasteiger partial charge in [-0.1, -0.05) is 0 Å². The van der Waals surface area contributed by atoms with Crippen LogP contribution in [0.5, 0.6) is 0 Å². The first-order valence-electron chi connectivity index (χ1n) is 0. The van der Waals surface area contributed by atoms with Crippen molar-refractivity contribution in [2.24, 2.45) is 0 Å². The standard InChI is InChI=1S/Fe.Li.2O/q+3;+1;2*-2. The summed E-state index contributed by atoms with van der Waals surface area (Å²) in [7, 11) is 0. The Morgan fingerprint density at radius 1 is 0.750 bits per heavy atom. The molecular weight excluding hydrogens is 94.8 g/mol. The van der Waals surface area contributed by atoms with Crippen molar-refractivity contribution in [2.45, 2.75) is 0 Å². The summed E-state index contributed by atoms with van der Waals surface area (Å²) in [6, 6.07) is 0. The van der Waals surface area contributed by atoms with Gasteiger partial charge in [-0.3, -0.25) is 0 Å². The van der Waals surface area contributed by atoms with Crippen LogP contribution in [-0.4, -0.2) is 0 Å². The average molecular weight is 94.8 g/mol. The topological polar surface area (TPSA) is 57.0 Å². The molecule has 0 saturated carbocycles. The predicted octanol–water partition coefficient (Wildman–Crippen LogP) is -3.24. The molecule has 4 heavy (non-hydrogen) atoms. The van der Waals surface area contributed by atoms with Crippen molar-refractivity contribution in [3.63, 3.8) is 0 Å². The molecule has 0 aromatic rings. The second-order valence-corrected chi connectivity index (χ2v) is 0. The van der Waals surface area contributed by atoms with E-state index in [0.717, 1.165) is 0 Å². The van der Waals surface area contributed by atoms with Crippen LogP contribution in [0.4, 0.5) is 0 Å². The Kier molecular flexibility index (Phi) is 661. The molecule has 0 aromatic carbocycles. The van der Waals surface area contributed by atoms with Crippen LogP contribution in [0.25, 0.3) is 0 Å². The molecular formula is FeLiO2. The van der Waals surface area contributed by atoms with Gasteiger partial charge in [0.2, 0.25) is 0 Å². The van der Waals surface area contributed by atoms with Crippen molar-refractivity contribution < 1.29 is 46.9 Å². The number of hydrogen-bond donors (Lipinski definition) is 0. The third-order valence-electron chi connectivity index (χ3n) is 0. The Labute approximate surface area is 47.2 Å². The Morgan fingerprint density at radius 2 is 0.750 bits per heavy atom. The minimum absolute atomic E-state index is 0. The number of hydrogen-bond acceptors (Lipinski definition) is 0. The van der Waals surface area contributed by atoms with Gasteiger partial charge in [0.25, 0.3) is 0 Å². The first kappa shape index (κ1) is 76.3. The molecule has 0 fully saturated rings. The van der Waals surface area contributed by atoms with Gasteiger partial charge in [-0.25, -0.2) is 0 Å². The summed E-state index contributed by atoms with van der Waals surface area (Å²) in [5.41, 5.74) is 0. The Hall–Kier alpha value is 1.04. The third kappa shape index (κ3) is 11.7. The largest absolute Gasteiger partial charge is 3.00 e. The zero-order chi connectivity index (χ0) is 0. The molecule has 4 heteroatoms. The van der Waals surface area contributed by atoms with Crippen molar-refractivity contribution in [2.75, 3.05) is 0 Å². The van der Waals surface area contributed by atoms with E-state index in [0.29, 0.717) is 0 Å². The van der Waals surface area contributed by atoms with E-state index in [4.69, 9.17) is 0 Å². The summed E-state index contributed by atoms with van der Waals surface area (Å²) in [5.74, 6) is 0. The second kappa shape index (κ2) is 34.6. The molecule has 1 radical (unpaired) electrons. The van der Waals surface area contributed by atoms with E-state index >= 15 is 0 Å². The summed E-state index contributed by atoms with van der Waals surface area (Å²) in [5, 5.41) is 0. The van der Waals surface area contributed by atoms with Gasteiger partial charge in [-0.2, -0.15) is 0 Å². The molecule has 0 aliphatic heterocycles. The minimum atomic E-state index is 0. The summed E-state index contributed by atoms with van der Waals surface area (Å²) < 4.78 is 0. The molecule has 0 unspecified atom stereocenters. The molecule has 0 amide bonds. The Bertz CT molecular complexity index is 6.00. The van der Waals surface area contributed by atoms with E-state index in [2.05, 4.69) is 0 Å². The van der Waals surface area contributed by atoms with Crippen molar-refractivity contribution in [3.05, 3.63) is 0 Å². The molecule has 0 spiro atoms. The Morgan fingerprint density at radius 3 is 0.750 bits per heavy atom. The first-order chi connectivity index (χ1) is 0. The maximum absolute atomic E-state index is 0. The van der Waals surface area contributed by atoms with Crippen molar-refractivity contribution in [3.8, 4) is 0 Å². The molecule has 0 rings (SSSR count). The SMILES string of the molecule is [Fe+3].[Li+].[O-2].[O-2]. The zero-order valence-corrected chi connectivity index (χ0v) is 3.27. The fraction of sp³-hybridized carbons (Fsp3) is 0. The summed E-state index contributed by atoms with van der Waals surface area (Å²) in [6.07, 6.45) is 0. The van der Waals surface area contributed by atoms with E-state index in [1.54, 1.807) is 0 Å². The van der Waals surface area contributed by atoms with Gasteiger partial charge in [0.05, 0.1) is 0 Å². The molecule has 0 heterocycles. The maximum atomic E-state index is 0. The van der Waals surface area contributed by atoms with E-state index < -0.39 is 0 Å². The van der Waals surface area contributed by atoms with Gasteiger partial charge < -0.3 is 11.0 Å². The monoisotopic (exact) mass is 94.9 g/mol. The fourth-order valence-electron chi connectivity index (χ4n) is 0. The molecule has 0 atom stereocenters. The first-order valence-corrected chi connectivity index (χ1v) is 0. The van der Waals surface area contributed by atoms with E-state index in [1.807, 2.05) is 0 Å². The second-order valence-electron chi connectivity index (χ2n) is 0. The minimum Gasteiger partial charge on any atom is -2.00 e. The zero-order valence-electron chi connectivity index (χ0n) is 2.17. The van der Waals surface area contributed by atoms with Crippen LogP contribution < -0.4 is 18.9 Å². The molecule has 0 bridgehead atoms. The van der Waals surface area contributed by atoms with Crippen molar-refractivity contribution >= 4 is 0 Å². The molecule has 0 N–H and O–H groups in total. The molecule has 0 saturated heterocycles. The third-order valence-corrected chi connectivity index (χ3v) is 0. The quantitative estimate of drug-likeness (QED) is 0.284. The van der Waals surface area contributed by atoms with Crippen LogP contribution in [-0.2, 0) is 28.0 Å². The molecule has 21 valence electrons. The van der Waals surface area contributed by atoms with Gasteiger partial charge in [-0.05, 0) is 0 Å². The summed E-state index contributed by atoms with van der Waals surface area (Å²) in [4.78, 5) is 0. The molecule has 0 aliphatic carbocycles. The van der Waals surface area contributed by atoms with Crippen LogP contribution >= 0.6 is 0 Å². The van der Waals surface area contributed by atoms with Gasteiger partial charge in [0.1, 0.15) is 0 Å². The van der Waals surface area contributed by atoms with Gasteiger partial charge in [-0.15, -0.1) is 0 Å². The van der Waals surface area contributed by atoms with Gasteiger partial charge >= 0.3 is 35.9 Å². The molecule has 2 nitrogen and oxygen atoms in total. The van der Waals surface area contributed by atoms with E-state index in [9.17, 15) is 0 Å². The molecule has 0 aliphatic rings. The van der Waals surface area contributed by atoms with Gasteiger partial charge in [0.15, 0.2) is 0 Å². The summed E-state index contributed by atoms with van der Waals surface area (Å²) in [6.45, 7) is 0. The van der Waals surface area contributed by atoms with Gasteiger partial charge in [0, 0.05) is 0 Å². The maximum Gasteiger partial charge on any atom is 3.00 e. The van der Waals surface area contributed by atoms with Crippen LogP contribution in [0.3, 0.4) is 0 Å². The van der Waals surface area contributed by atoms with E-state index in [1.165, 1.54) is 0 Å². The summed E-state index contributed by atoms with van der Waals surface area (Å²) >= 11 is 0. The van der Waals surface area contributed by atoms with Crippen LogP contribution in [0, 0.1) is 0 Å². The average Bonchev–Trinajstić information content (AvgIpc) is 0. The number of rotatable bonds is 0. The predicted molar refractivity (Wildman–Crippen MR) is 1.37 cm³/mol. The van der Waals surface area contributed by atoms with Crippen molar-refractivity contribution in [1.82, 2.24) is 0 Å². The molecule has 0 aromatic heterocycles. The Balaban J connectivity index is 0. The van der Waals surface area contributed by atoms with Crippen molar-refractivity contribution in [1.29, 1.82) is 0 Å². The van der Waals surface area contributed by atoms with Crippen LogP contribution in [0.2, 0.25) is 0 Å². The van der Waals surface area contributed by atoms with Crippen LogP contribution in [0.15, 0.2) is 0 Å².